The molecule has 1 aromatic heterocycles. The fraction of sp³-hybridized carbons (Fsp3) is 0.625. The summed E-state index contributed by atoms with van der Waals surface area (Å²) in [5.74, 6) is 1.63. The molecule has 1 saturated heterocycles. The van der Waals surface area contributed by atoms with Gasteiger partial charge in [-0.3, -0.25) is 4.79 Å². The third kappa shape index (κ3) is 2.51. The zero-order chi connectivity index (χ0) is 13.9. The van der Waals surface area contributed by atoms with Crippen LogP contribution in [0.2, 0.25) is 0 Å². The number of hydrogen-bond donors (Lipinski definition) is 1. The van der Waals surface area contributed by atoms with E-state index in [4.69, 9.17) is 0 Å². The van der Waals surface area contributed by atoms with Crippen molar-refractivity contribution in [1.29, 1.82) is 0 Å². The van der Waals surface area contributed by atoms with Crippen molar-refractivity contribution in [3.8, 4) is 0 Å². The lowest BCUT2D eigenvalue weighted by Crippen LogP contribution is -2.39. The molecule has 1 N–H and O–H groups in total. The lowest BCUT2D eigenvalue weighted by molar-refractivity contribution is 0.0684. The number of nitrogens with zero attached hydrogens (tertiary/aromatic N) is 2. The Morgan fingerprint density at radius 2 is 2.20 bits per heavy atom. The van der Waals surface area contributed by atoms with E-state index in [0.29, 0.717) is 11.7 Å². The van der Waals surface area contributed by atoms with E-state index in [1.165, 1.54) is 32.1 Å². The van der Waals surface area contributed by atoms with Crippen molar-refractivity contribution in [3.63, 3.8) is 0 Å². The summed E-state index contributed by atoms with van der Waals surface area (Å²) in [7, 11) is 0. The molecule has 1 aromatic rings. The minimum Gasteiger partial charge on any atom is -0.370 e. The van der Waals surface area contributed by atoms with E-state index < -0.39 is 0 Å². The Labute approximate surface area is 120 Å². The molecule has 4 nitrogen and oxygen atoms in total. The van der Waals surface area contributed by atoms with Gasteiger partial charge in [0.15, 0.2) is 0 Å². The fourth-order valence-electron chi connectivity index (χ4n) is 3.64. The summed E-state index contributed by atoms with van der Waals surface area (Å²) in [5.41, 5.74) is 0.578. The van der Waals surface area contributed by atoms with Gasteiger partial charge in [0.1, 0.15) is 11.5 Å². The number of amides is 1. The van der Waals surface area contributed by atoms with Crippen molar-refractivity contribution in [1.82, 2.24) is 9.88 Å². The average molecular weight is 273 g/mol. The minimum absolute atomic E-state index is 0.110. The first kappa shape index (κ1) is 13.4. The number of likely N-dealkylation sites (tertiary alicyclic amines) is 1. The maximum atomic E-state index is 12.7. The number of carbonyl (C=O) groups excluding carboxylic acids is 1. The molecule has 0 radical (unpaired) electrons. The van der Waals surface area contributed by atoms with Crippen molar-refractivity contribution >= 4 is 11.7 Å². The highest BCUT2D eigenvalue weighted by molar-refractivity contribution is 5.93. The van der Waals surface area contributed by atoms with Crippen LogP contribution < -0.4 is 5.32 Å². The fourth-order valence-corrected chi connectivity index (χ4v) is 3.64. The summed E-state index contributed by atoms with van der Waals surface area (Å²) in [6.45, 7) is 3.75. The van der Waals surface area contributed by atoms with Gasteiger partial charge in [-0.2, -0.15) is 0 Å². The molecule has 0 spiro atoms. The van der Waals surface area contributed by atoms with Gasteiger partial charge in [0.05, 0.1) is 0 Å². The van der Waals surface area contributed by atoms with Crippen LogP contribution in [0.1, 0.15) is 49.5 Å². The SMILES string of the molecule is CCNc1cccc(C(=O)N2CCC3CCCCC32)n1. The highest BCUT2D eigenvalue weighted by Gasteiger charge is 2.38. The van der Waals surface area contributed by atoms with Crippen LogP contribution in [0.3, 0.4) is 0 Å². The van der Waals surface area contributed by atoms with Crippen molar-refractivity contribution < 1.29 is 4.79 Å². The van der Waals surface area contributed by atoms with E-state index >= 15 is 0 Å². The molecule has 1 aliphatic carbocycles. The quantitative estimate of drug-likeness (QED) is 0.921. The first-order valence-corrected chi connectivity index (χ1v) is 7.81. The van der Waals surface area contributed by atoms with E-state index in [1.807, 2.05) is 25.1 Å². The third-order valence-electron chi connectivity index (χ3n) is 4.60. The van der Waals surface area contributed by atoms with Crippen molar-refractivity contribution in [2.45, 2.75) is 45.1 Å². The van der Waals surface area contributed by atoms with Crippen LogP contribution >= 0.6 is 0 Å². The zero-order valence-electron chi connectivity index (χ0n) is 12.1. The Bertz CT molecular complexity index is 488. The molecule has 1 amide bonds. The molecule has 3 rings (SSSR count). The molecule has 0 bridgehead atoms. The molecule has 4 heteroatoms. The second-order valence-electron chi connectivity index (χ2n) is 5.84. The molecule has 1 saturated carbocycles. The van der Waals surface area contributed by atoms with Gasteiger partial charge < -0.3 is 10.2 Å². The molecular formula is C16H23N3O. The molecule has 2 unspecified atom stereocenters. The molecule has 2 fully saturated rings. The van der Waals surface area contributed by atoms with Crippen LogP contribution in [0.25, 0.3) is 0 Å². The molecule has 0 aromatic carbocycles. The Hall–Kier alpha value is -1.58. The van der Waals surface area contributed by atoms with E-state index in [9.17, 15) is 4.79 Å². The van der Waals surface area contributed by atoms with Gasteiger partial charge in [0.2, 0.25) is 0 Å². The van der Waals surface area contributed by atoms with Gasteiger partial charge in [0, 0.05) is 19.1 Å². The smallest absolute Gasteiger partial charge is 0.272 e. The number of anilines is 1. The highest BCUT2D eigenvalue weighted by atomic mass is 16.2. The second-order valence-corrected chi connectivity index (χ2v) is 5.84. The number of aromatic nitrogens is 1. The summed E-state index contributed by atoms with van der Waals surface area (Å²) in [5, 5.41) is 3.17. The minimum atomic E-state index is 0.110. The summed E-state index contributed by atoms with van der Waals surface area (Å²) in [6.07, 6.45) is 6.22. The normalized spacial score (nSPS) is 25.4. The maximum absolute atomic E-state index is 12.7. The van der Waals surface area contributed by atoms with Gasteiger partial charge in [-0.05, 0) is 44.2 Å². The molecule has 108 valence electrons. The Kier molecular flexibility index (Phi) is 3.90. The second kappa shape index (κ2) is 5.81. The number of hydrogen-bond acceptors (Lipinski definition) is 3. The van der Waals surface area contributed by atoms with Crippen molar-refractivity contribution in [2.24, 2.45) is 5.92 Å². The van der Waals surface area contributed by atoms with Gasteiger partial charge in [-0.15, -0.1) is 0 Å². The predicted molar refractivity (Wildman–Crippen MR) is 79.8 cm³/mol. The van der Waals surface area contributed by atoms with Crippen LogP contribution in [0.15, 0.2) is 18.2 Å². The molecule has 20 heavy (non-hydrogen) atoms. The average Bonchev–Trinajstić information content (AvgIpc) is 2.91. The monoisotopic (exact) mass is 273 g/mol. The largest absolute Gasteiger partial charge is 0.370 e. The number of nitrogens with one attached hydrogen (secondary N) is 1. The van der Waals surface area contributed by atoms with Crippen molar-refractivity contribution in [3.05, 3.63) is 23.9 Å². The topological polar surface area (TPSA) is 45.2 Å². The van der Waals surface area contributed by atoms with Gasteiger partial charge in [-0.25, -0.2) is 4.98 Å². The molecule has 2 atom stereocenters. The highest BCUT2D eigenvalue weighted by Crippen LogP contribution is 2.36. The summed E-state index contributed by atoms with van der Waals surface area (Å²) < 4.78 is 0. The predicted octanol–water partition coefficient (Wildman–Crippen LogP) is 2.92. The lowest BCUT2D eigenvalue weighted by Gasteiger charge is -2.31. The van der Waals surface area contributed by atoms with E-state index in [0.717, 1.165) is 24.8 Å². The Morgan fingerprint density at radius 1 is 1.35 bits per heavy atom. The zero-order valence-corrected chi connectivity index (χ0v) is 12.1. The number of pyridine rings is 1. The van der Waals surface area contributed by atoms with Gasteiger partial charge in [-0.1, -0.05) is 18.9 Å². The van der Waals surface area contributed by atoms with Crippen LogP contribution in [-0.4, -0.2) is 34.9 Å². The number of carbonyl (C=O) groups is 1. The standard InChI is InChI=1S/C16H23N3O/c1-2-17-15-9-5-7-13(18-15)16(20)19-11-10-12-6-3-4-8-14(12)19/h5,7,9,12,14H,2-4,6,8,10-11H2,1H3,(H,17,18). The van der Waals surface area contributed by atoms with Crippen LogP contribution in [0.4, 0.5) is 5.82 Å². The van der Waals surface area contributed by atoms with E-state index in [-0.39, 0.29) is 5.91 Å². The maximum Gasteiger partial charge on any atom is 0.272 e. The summed E-state index contributed by atoms with van der Waals surface area (Å²) in [6, 6.07) is 6.11. The number of fused-ring (bicyclic) bond motifs is 1. The van der Waals surface area contributed by atoms with E-state index in [2.05, 4.69) is 15.2 Å². The summed E-state index contributed by atoms with van der Waals surface area (Å²) in [4.78, 5) is 19.2. The molecular weight excluding hydrogens is 250 g/mol. The van der Waals surface area contributed by atoms with Crippen LogP contribution in [0.5, 0.6) is 0 Å². The first-order chi connectivity index (χ1) is 9.79. The lowest BCUT2D eigenvalue weighted by atomic mass is 9.85. The van der Waals surface area contributed by atoms with E-state index in [1.54, 1.807) is 0 Å². The summed E-state index contributed by atoms with van der Waals surface area (Å²) >= 11 is 0. The Balaban J connectivity index is 1.76. The molecule has 1 aliphatic heterocycles. The van der Waals surface area contributed by atoms with Gasteiger partial charge in [0.25, 0.3) is 5.91 Å². The Morgan fingerprint density at radius 3 is 3.05 bits per heavy atom. The van der Waals surface area contributed by atoms with Crippen molar-refractivity contribution in [2.75, 3.05) is 18.4 Å². The van der Waals surface area contributed by atoms with Crippen LogP contribution in [0, 0.1) is 5.92 Å². The van der Waals surface area contributed by atoms with Gasteiger partial charge >= 0.3 is 0 Å². The first-order valence-electron chi connectivity index (χ1n) is 7.81. The number of rotatable bonds is 3. The molecule has 2 aliphatic rings. The molecule has 2 heterocycles. The van der Waals surface area contributed by atoms with Crippen LogP contribution in [-0.2, 0) is 0 Å². The third-order valence-corrected chi connectivity index (χ3v) is 4.60.